The Labute approximate surface area is 99.7 Å². The molecule has 14 heavy (non-hydrogen) atoms. The summed E-state index contributed by atoms with van der Waals surface area (Å²) in [6.07, 6.45) is 3.97. The Morgan fingerprint density at radius 3 is 2.36 bits per heavy atom. The van der Waals surface area contributed by atoms with Gasteiger partial charge in [-0.25, -0.2) is 13.6 Å². The van der Waals surface area contributed by atoms with Crippen molar-refractivity contribution >= 4 is 32.6 Å². The molecule has 0 heterocycles. The van der Waals surface area contributed by atoms with E-state index in [4.69, 9.17) is 5.14 Å². The van der Waals surface area contributed by atoms with Gasteiger partial charge >= 0.3 is 0 Å². The summed E-state index contributed by atoms with van der Waals surface area (Å²) in [5, 5.41) is 5.09. The molecule has 0 atom stereocenters. The van der Waals surface area contributed by atoms with Gasteiger partial charge in [0.05, 0.1) is 4.91 Å². The van der Waals surface area contributed by atoms with Gasteiger partial charge < -0.3 is 4.90 Å². The van der Waals surface area contributed by atoms with E-state index in [1.807, 2.05) is 0 Å². The average molecular weight is 332 g/mol. The van der Waals surface area contributed by atoms with Crippen molar-refractivity contribution in [2.45, 2.75) is 19.3 Å². The fourth-order valence-corrected chi connectivity index (χ4v) is 2.29. The molecule has 0 aliphatic carbocycles. The molecule has 0 aliphatic rings. The van der Waals surface area contributed by atoms with E-state index in [9.17, 15) is 8.42 Å². The monoisotopic (exact) mass is 332 g/mol. The zero-order valence-electron chi connectivity index (χ0n) is 8.53. The maximum Gasteiger partial charge on any atom is 0.235 e. The maximum atomic E-state index is 11.1. The molecular weight excluding hydrogens is 315 g/mol. The van der Waals surface area contributed by atoms with Crippen LogP contribution in [0, 0.1) is 0 Å². The normalized spacial score (nSPS) is 13.0. The highest BCUT2D eigenvalue weighted by molar-refractivity contribution is 14.1. The molecule has 0 aliphatic heterocycles. The first-order valence-electron chi connectivity index (χ1n) is 4.34. The number of nitrogens with zero attached hydrogens (tertiary/aromatic N) is 1. The van der Waals surface area contributed by atoms with Crippen LogP contribution in [0.4, 0.5) is 0 Å². The van der Waals surface area contributed by atoms with Gasteiger partial charge in [-0.15, -0.1) is 0 Å². The van der Waals surface area contributed by atoms with Crippen LogP contribution >= 0.6 is 22.6 Å². The van der Waals surface area contributed by atoms with Crippen molar-refractivity contribution in [3.05, 3.63) is 11.1 Å². The van der Waals surface area contributed by atoms with E-state index >= 15 is 0 Å². The second kappa shape index (κ2) is 6.62. The lowest BCUT2D eigenvalue weighted by Crippen LogP contribution is -2.17. The third-order valence-electron chi connectivity index (χ3n) is 1.57. The minimum atomic E-state index is -3.52. The van der Waals surface area contributed by atoms with E-state index in [0.717, 1.165) is 17.3 Å². The molecule has 0 spiro atoms. The van der Waals surface area contributed by atoms with E-state index in [1.165, 1.54) is 0 Å². The highest BCUT2D eigenvalue weighted by Gasteiger charge is 2.11. The number of primary sulfonamides is 1. The Balaban J connectivity index is 4.44. The van der Waals surface area contributed by atoms with Crippen molar-refractivity contribution in [3.8, 4) is 0 Å². The fraction of sp³-hybridized carbons (Fsp3) is 0.750. The molecule has 2 N–H and O–H groups in total. The van der Waals surface area contributed by atoms with Gasteiger partial charge in [-0.05, 0) is 23.7 Å². The number of allylic oxidation sites excluding steroid dienone is 1. The van der Waals surface area contributed by atoms with Gasteiger partial charge in [0.15, 0.2) is 0 Å². The minimum Gasteiger partial charge on any atom is -0.383 e. The van der Waals surface area contributed by atoms with Crippen molar-refractivity contribution in [3.63, 3.8) is 0 Å². The summed E-state index contributed by atoms with van der Waals surface area (Å²) in [4.78, 5) is 2.01. The molecule has 0 aromatic carbocycles. The van der Waals surface area contributed by atoms with Crippen LogP contribution in [0.15, 0.2) is 11.1 Å². The molecule has 84 valence electrons. The third kappa shape index (κ3) is 6.61. The van der Waals surface area contributed by atoms with Crippen LogP contribution in [0.3, 0.4) is 0 Å². The number of unbranched alkanes of at least 4 members (excludes halogenated alkanes) is 1. The van der Waals surface area contributed by atoms with Crippen molar-refractivity contribution in [1.29, 1.82) is 0 Å². The summed E-state index contributed by atoms with van der Waals surface area (Å²) in [6, 6.07) is 0. The molecule has 4 nitrogen and oxygen atoms in total. The molecule has 0 aromatic heterocycles. The van der Waals surface area contributed by atoms with Gasteiger partial charge in [0, 0.05) is 20.3 Å². The molecule has 0 fully saturated rings. The van der Waals surface area contributed by atoms with Gasteiger partial charge in [0.25, 0.3) is 0 Å². The second-order valence-corrected chi connectivity index (χ2v) is 5.94. The summed E-state index contributed by atoms with van der Waals surface area (Å²) in [5.41, 5.74) is 0. The minimum absolute atomic E-state index is 0.312. The topological polar surface area (TPSA) is 63.4 Å². The first-order valence-corrected chi connectivity index (χ1v) is 7.41. The van der Waals surface area contributed by atoms with E-state index in [-0.39, 0.29) is 0 Å². The lowest BCUT2D eigenvalue weighted by Gasteiger charge is -2.09. The number of sulfonamides is 1. The summed E-state index contributed by atoms with van der Waals surface area (Å²) in [6.45, 7) is 0. The van der Waals surface area contributed by atoms with Crippen LogP contribution in [-0.2, 0) is 10.0 Å². The SMILES string of the molecule is CN(C)C=C(CCCCI)S(N)(=O)=O. The number of hydrogen-bond donors (Lipinski definition) is 1. The zero-order chi connectivity index (χ0) is 11.2. The predicted molar refractivity (Wildman–Crippen MR) is 67.6 cm³/mol. The number of alkyl halides is 1. The molecule has 0 unspecified atom stereocenters. The molecular formula is C8H17IN2O2S. The van der Waals surface area contributed by atoms with Crippen LogP contribution in [0.2, 0.25) is 0 Å². The maximum absolute atomic E-state index is 11.1. The van der Waals surface area contributed by atoms with Gasteiger partial charge in [0.1, 0.15) is 0 Å². The molecule has 0 radical (unpaired) electrons. The highest BCUT2D eigenvalue weighted by atomic mass is 127. The zero-order valence-corrected chi connectivity index (χ0v) is 11.5. The number of nitrogens with two attached hydrogens (primary N) is 1. The molecule has 6 heteroatoms. The van der Waals surface area contributed by atoms with Crippen LogP contribution in [0.5, 0.6) is 0 Å². The molecule has 0 saturated heterocycles. The number of rotatable bonds is 6. The largest absolute Gasteiger partial charge is 0.383 e. The van der Waals surface area contributed by atoms with E-state index in [0.29, 0.717) is 11.3 Å². The van der Waals surface area contributed by atoms with Crippen molar-refractivity contribution in [1.82, 2.24) is 4.90 Å². The molecule has 0 saturated carbocycles. The van der Waals surface area contributed by atoms with E-state index in [1.54, 1.807) is 25.2 Å². The molecule has 0 bridgehead atoms. The van der Waals surface area contributed by atoms with Crippen LogP contribution in [0.1, 0.15) is 19.3 Å². The summed E-state index contributed by atoms with van der Waals surface area (Å²) in [7, 11) is 0.0391. The van der Waals surface area contributed by atoms with Crippen LogP contribution in [-0.4, -0.2) is 31.8 Å². The quantitative estimate of drug-likeness (QED) is 0.453. The Morgan fingerprint density at radius 1 is 1.43 bits per heavy atom. The van der Waals surface area contributed by atoms with E-state index in [2.05, 4.69) is 22.6 Å². The van der Waals surface area contributed by atoms with Crippen molar-refractivity contribution < 1.29 is 8.42 Å². The Kier molecular flexibility index (Phi) is 6.71. The molecule has 0 rings (SSSR count). The van der Waals surface area contributed by atoms with Crippen LogP contribution < -0.4 is 5.14 Å². The molecule has 0 aromatic rings. The molecule has 0 amide bonds. The fourth-order valence-electron chi connectivity index (χ4n) is 0.962. The van der Waals surface area contributed by atoms with Gasteiger partial charge in [0.2, 0.25) is 10.0 Å². The Morgan fingerprint density at radius 2 is 2.00 bits per heavy atom. The average Bonchev–Trinajstić information content (AvgIpc) is 2.00. The number of halogens is 1. The van der Waals surface area contributed by atoms with Gasteiger partial charge in [-0.2, -0.15) is 0 Å². The summed E-state index contributed by atoms with van der Waals surface area (Å²) < 4.78 is 23.3. The van der Waals surface area contributed by atoms with Gasteiger partial charge in [-0.3, -0.25) is 0 Å². The lowest BCUT2D eigenvalue weighted by atomic mass is 10.2. The van der Waals surface area contributed by atoms with Gasteiger partial charge in [-0.1, -0.05) is 22.6 Å². The first-order chi connectivity index (χ1) is 6.38. The Hall–Kier alpha value is 0.180. The van der Waals surface area contributed by atoms with Crippen LogP contribution in [0.25, 0.3) is 0 Å². The smallest absolute Gasteiger partial charge is 0.235 e. The van der Waals surface area contributed by atoms with E-state index < -0.39 is 10.0 Å². The van der Waals surface area contributed by atoms with Crippen molar-refractivity contribution in [2.24, 2.45) is 5.14 Å². The summed E-state index contributed by atoms with van der Waals surface area (Å²) in [5.74, 6) is 0. The van der Waals surface area contributed by atoms with Crippen molar-refractivity contribution in [2.75, 3.05) is 18.5 Å². The predicted octanol–water partition coefficient (Wildman–Crippen LogP) is 1.28. The Bertz CT molecular complexity index is 286. The highest BCUT2D eigenvalue weighted by Crippen LogP contribution is 2.13. The standard InChI is InChI=1S/C8H17IN2O2S/c1-11(2)7-8(14(10,12)13)5-3-4-6-9/h7H,3-6H2,1-2H3,(H2,10,12,13). The second-order valence-electron chi connectivity index (χ2n) is 3.25. The number of hydrogen-bond acceptors (Lipinski definition) is 3. The summed E-state index contributed by atoms with van der Waals surface area (Å²) >= 11 is 2.27. The third-order valence-corrected chi connectivity index (χ3v) is 3.38. The first kappa shape index (κ1) is 14.2. The lowest BCUT2D eigenvalue weighted by molar-refractivity contribution is 0.552.